The lowest BCUT2D eigenvalue weighted by Crippen LogP contribution is -2.48. The van der Waals surface area contributed by atoms with Crippen LogP contribution in [0.25, 0.3) is 0 Å². The molecule has 1 amide bonds. The second-order valence-electron chi connectivity index (χ2n) is 5.65. The van der Waals surface area contributed by atoms with Gasteiger partial charge in [0.15, 0.2) is 0 Å². The lowest BCUT2D eigenvalue weighted by Gasteiger charge is -2.32. The monoisotopic (exact) mass is 335 g/mol. The number of thiophene rings is 1. The number of morpholine rings is 1. The Hall–Kier alpha value is -1.77. The molecule has 2 aromatic rings. The number of carbonyl (C=O) groups excluding carboxylic acids is 1. The summed E-state index contributed by atoms with van der Waals surface area (Å²) in [4.78, 5) is 19.5. The SMILES string of the molecule is C[C@H](NC(=O)CN1CCO[C@@H](Cn2cncn2)C1)c1cccs1. The average molecular weight is 335 g/mol. The van der Waals surface area contributed by atoms with Gasteiger partial charge in [-0.3, -0.25) is 14.4 Å². The van der Waals surface area contributed by atoms with Crippen molar-refractivity contribution in [2.24, 2.45) is 0 Å². The van der Waals surface area contributed by atoms with Crippen LogP contribution < -0.4 is 5.32 Å². The predicted molar refractivity (Wildman–Crippen MR) is 87.1 cm³/mol. The lowest BCUT2D eigenvalue weighted by molar-refractivity contribution is -0.125. The van der Waals surface area contributed by atoms with Crippen LogP contribution in [0, 0.1) is 0 Å². The zero-order valence-electron chi connectivity index (χ0n) is 13.1. The Morgan fingerprint density at radius 2 is 2.52 bits per heavy atom. The standard InChI is InChI=1S/C15H21N5O2S/c1-12(14-3-2-6-23-14)18-15(21)9-19-4-5-22-13(7-19)8-20-11-16-10-17-20/h2-3,6,10-13H,4-5,7-9H2,1H3,(H,18,21)/t12-,13+/m0/s1. The number of aromatic nitrogens is 3. The zero-order chi connectivity index (χ0) is 16.1. The molecule has 1 N–H and O–H groups in total. The van der Waals surface area contributed by atoms with E-state index in [1.165, 1.54) is 11.2 Å². The Morgan fingerprint density at radius 1 is 1.61 bits per heavy atom. The molecule has 0 aliphatic carbocycles. The third-order valence-electron chi connectivity index (χ3n) is 3.79. The molecule has 3 heterocycles. The largest absolute Gasteiger partial charge is 0.374 e. The number of amides is 1. The van der Waals surface area contributed by atoms with Gasteiger partial charge in [-0.2, -0.15) is 5.10 Å². The molecule has 1 aliphatic rings. The van der Waals surface area contributed by atoms with Gasteiger partial charge in [-0.05, 0) is 18.4 Å². The minimum atomic E-state index is 0.0352. The number of hydrogen-bond donors (Lipinski definition) is 1. The molecular weight excluding hydrogens is 314 g/mol. The third kappa shape index (κ3) is 4.60. The van der Waals surface area contributed by atoms with Gasteiger partial charge < -0.3 is 10.1 Å². The summed E-state index contributed by atoms with van der Waals surface area (Å²) in [5.74, 6) is 0.0484. The molecule has 0 saturated carbocycles. The van der Waals surface area contributed by atoms with Gasteiger partial charge in [-0.25, -0.2) is 4.98 Å². The minimum absolute atomic E-state index is 0.0352. The maximum atomic E-state index is 12.2. The number of hydrogen-bond acceptors (Lipinski definition) is 6. The normalized spacial score (nSPS) is 20.3. The van der Waals surface area contributed by atoms with Gasteiger partial charge in [0.05, 0.1) is 31.8 Å². The van der Waals surface area contributed by atoms with Gasteiger partial charge in [0.25, 0.3) is 0 Å². The summed E-state index contributed by atoms with van der Waals surface area (Å²) in [7, 11) is 0. The molecule has 2 aromatic heterocycles. The summed E-state index contributed by atoms with van der Waals surface area (Å²) in [6.45, 7) is 5.19. The Kier molecular flexibility index (Phi) is 5.37. The van der Waals surface area contributed by atoms with Crippen molar-refractivity contribution in [1.82, 2.24) is 25.0 Å². The number of carbonyl (C=O) groups is 1. The van der Waals surface area contributed by atoms with E-state index in [0.29, 0.717) is 19.7 Å². The molecule has 0 unspecified atom stereocenters. The van der Waals surface area contributed by atoms with Crippen molar-refractivity contribution in [3.8, 4) is 0 Å². The summed E-state index contributed by atoms with van der Waals surface area (Å²) < 4.78 is 7.50. The van der Waals surface area contributed by atoms with E-state index < -0.39 is 0 Å². The molecule has 0 spiro atoms. The Bertz CT molecular complexity index is 601. The van der Waals surface area contributed by atoms with Crippen LogP contribution in [0.3, 0.4) is 0 Å². The van der Waals surface area contributed by atoms with Gasteiger partial charge in [-0.15, -0.1) is 11.3 Å². The molecule has 1 aliphatic heterocycles. The zero-order valence-corrected chi connectivity index (χ0v) is 13.9. The van der Waals surface area contributed by atoms with E-state index >= 15 is 0 Å². The lowest BCUT2D eigenvalue weighted by atomic mass is 10.2. The first kappa shape index (κ1) is 16.1. The first-order valence-electron chi connectivity index (χ1n) is 7.70. The number of nitrogens with one attached hydrogen (secondary N) is 1. The summed E-state index contributed by atoms with van der Waals surface area (Å²) in [5, 5.41) is 9.17. The molecule has 0 bridgehead atoms. The highest BCUT2D eigenvalue weighted by molar-refractivity contribution is 7.10. The number of nitrogens with zero attached hydrogens (tertiary/aromatic N) is 4. The van der Waals surface area contributed by atoms with Crippen molar-refractivity contribution < 1.29 is 9.53 Å². The van der Waals surface area contributed by atoms with E-state index in [0.717, 1.165) is 13.1 Å². The molecular formula is C15H21N5O2S. The molecule has 0 aromatic carbocycles. The molecule has 8 heteroatoms. The Morgan fingerprint density at radius 3 is 3.26 bits per heavy atom. The van der Waals surface area contributed by atoms with Crippen LogP contribution in [0.2, 0.25) is 0 Å². The molecule has 124 valence electrons. The Balaban J connectivity index is 1.46. The van der Waals surface area contributed by atoms with Crippen LogP contribution in [0.1, 0.15) is 17.8 Å². The van der Waals surface area contributed by atoms with E-state index in [1.54, 1.807) is 22.3 Å². The van der Waals surface area contributed by atoms with E-state index in [2.05, 4.69) is 20.3 Å². The van der Waals surface area contributed by atoms with E-state index in [4.69, 9.17) is 4.74 Å². The van der Waals surface area contributed by atoms with Crippen molar-refractivity contribution in [2.75, 3.05) is 26.2 Å². The first-order valence-corrected chi connectivity index (χ1v) is 8.58. The smallest absolute Gasteiger partial charge is 0.234 e. The van der Waals surface area contributed by atoms with Crippen LogP contribution in [-0.4, -0.2) is 57.9 Å². The van der Waals surface area contributed by atoms with E-state index in [9.17, 15) is 4.79 Å². The van der Waals surface area contributed by atoms with Gasteiger partial charge in [0.1, 0.15) is 12.7 Å². The fourth-order valence-electron chi connectivity index (χ4n) is 2.67. The molecule has 1 saturated heterocycles. The van der Waals surface area contributed by atoms with Crippen molar-refractivity contribution in [3.05, 3.63) is 35.0 Å². The maximum Gasteiger partial charge on any atom is 0.234 e. The quantitative estimate of drug-likeness (QED) is 0.850. The highest BCUT2D eigenvalue weighted by Crippen LogP contribution is 2.18. The van der Waals surface area contributed by atoms with Crippen LogP contribution in [0.5, 0.6) is 0 Å². The minimum Gasteiger partial charge on any atom is -0.374 e. The van der Waals surface area contributed by atoms with Crippen LogP contribution in [0.15, 0.2) is 30.2 Å². The van der Waals surface area contributed by atoms with Crippen molar-refractivity contribution in [3.63, 3.8) is 0 Å². The Labute approximate surface area is 139 Å². The molecule has 1 fully saturated rings. The summed E-state index contributed by atoms with van der Waals surface area (Å²) in [5.41, 5.74) is 0. The van der Waals surface area contributed by atoms with Gasteiger partial charge >= 0.3 is 0 Å². The second-order valence-corrected chi connectivity index (χ2v) is 6.63. The van der Waals surface area contributed by atoms with E-state index in [-0.39, 0.29) is 18.1 Å². The van der Waals surface area contributed by atoms with Crippen molar-refractivity contribution in [1.29, 1.82) is 0 Å². The highest BCUT2D eigenvalue weighted by atomic mass is 32.1. The fourth-order valence-corrected chi connectivity index (χ4v) is 3.40. The first-order chi connectivity index (χ1) is 11.2. The highest BCUT2D eigenvalue weighted by Gasteiger charge is 2.23. The van der Waals surface area contributed by atoms with Crippen LogP contribution in [0.4, 0.5) is 0 Å². The van der Waals surface area contributed by atoms with Crippen molar-refractivity contribution >= 4 is 17.2 Å². The third-order valence-corrected chi connectivity index (χ3v) is 4.85. The van der Waals surface area contributed by atoms with Crippen LogP contribution >= 0.6 is 11.3 Å². The molecule has 2 atom stereocenters. The summed E-state index contributed by atoms with van der Waals surface area (Å²) in [6.07, 6.45) is 3.23. The molecule has 7 nitrogen and oxygen atoms in total. The number of rotatable bonds is 6. The average Bonchev–Trinajstić information content (AvgIpc) is 3.20. The van der Waals surface area contributed by atoms with Crippen molar-refractivity contribution in [2.45, 2.75) is 25.6 Å². The van der Waals surface area contributed by atoms with E-state index in [1.807, 2.05) is 24.4 Å². The predicted octanol–water partition coefficient (Wildman–Crippen LogP) is 0.918. The number of ether oxygens (including phenoxy) is 1. The van der Waals surface area contributed by atoms with Gasteiger partial charge in [-0.1, -0.05) is 6.07 Å². The van der Waals surface area contributed by atoms with Crippen LogP contribution in [-0.2, 0) is 16.1 Å². The molecule has 23 heavy (non-hydrogen) atoms. The molecule has 0 radical (unpaired) electrons. The second kappa shape index (κ2) is 7.67. The fraction of sp³-hybridized carbons (Fsp3) is 0.533. The van der Waals surface area contributed by atoms with Gasteiger partial charge in [0.2, 0.25) is 5.91 Å². The summed E-state index contributed by atoms with van der Waals surface area (Å²) >= 11 is 1.66. The maximum absolute atomic E-state index is 12.2. The molecule has 3 rings (SSSR count). The summed E-state index contributed by atoms with van der Waals surface area (Å²) in [6, 6.07) is 4.09. The topological polar surface area (TPSA) is 72.3 Å². The van der Waals surface area contributed by atoms with Gasteiger partial charge in [0, 0.05) is 18.0 Å².